The number of nitrogens with zero attached hydrogens (tertiary/aromatic N) is 2. The van der Waals surface area contributed by atoms with Gasteiger partial charge in [0.15, 0.2) is 5.69 Å². The van der Waals surface area contributed by atoms with Crippen LogP contribution < -0.4 is 10.1 Å². The Labute approximate surface area is 193 Å². The van der Waals surface area contributed by atoms with Crippen LogP contribution in [-0.2, 0) is 17.8 Å². The Balaban J connectivity index is 1.35. The number of benzene rings is 2. The molecule has 0 atom stereocenters. The highest BCUT2D eigenvalue weighted by molar-refractivity contribution is 5.92. The van der Waals surface area contributed by atoms with E-state index in [1.165, 1.54) is 12.7 Å². The fraction of sp³-hybridized carbons (Fsp3) is 0.346. The third kappa shape index (κ3) is 5.61. The number of aromatic nitrogens is 1. The molecule has 4 rings (SSSR count). The zero-order valence-corrected chi connectivity index (χ0v) is 19.1. The number of methoxy groups -OCH3 is 1. The number of hydrogen-bond acceptors (Lipinski definition) is 5. The molecule has 2 aromatic carbocycles. The summed E-state index contributed by atoms with van der Waals surface area (Å²) in [6.07, 6.45) is 4.99. The molecular weight excluding hydrogens is 418 g/mol. The minimum atomic E-state index is -0.0708. The number of oxazole rings is 1. The molecule has 0 spiro atoms. The van der Waals surface area contributed by atoms with Crippen molar-refractivity contribution in [3.8, 4) is 17.2 Å². The molecule has 3 aromatic rings. The number of carbonyl (C=O) groups excluding carboxylic acids is 2. The van der Waals surface area contributed by atoms with Crippen molar-refractivity contribution < 1.29 is 18.7 Å². The molecular formula is C26H29N3O4. The highest BCUT2D eigenvalue weighted by Gasteiger charge is 2.22. The molecule has 2 amide bonds. The van der Waals surface area contributed by atoms with Crippen molar-refractivity contribution in [1.82, 2.24) is 15.2 Å². The molecule has 1 fully saturated rings. The molecule has 33 heavy (non-hydrogen) atoms. The first kappa shape index (κ1) is 22.6. The predicted octanol–water partition coefficient (Wildman–Crippen LogP) is 4.14. The Morgan fingerprint density at radius 2 is 1.79 bits per heavy atom. The summed E-state index contributed by atoms with van der Waals surface area (Å²) in [7, 11) is 1.62. The molecule has 172 valence electrons. The standard InChI is InChI=1S/C26H29N3O4/c1-18-14-20(16-27-24(30)15-19-6-9-21(32-2)10-7-19)8-11-22(18)25-28-23(17-33-25)26(31)29-12-4-3-5-13-29/h6-11,14,17H,3-5,12-13,15-16H2,1-2H3,(H,27,30). The van der Waals surface area contributed by atoms with Crippen LogP contribution in [0.1, 0.15) is 46.4 Å². The number of carbonyl (C=O) groups is 2. The van der Waals surface area contributed by atoms with Gasteiger partial charge < -0.3 is 19.4 Å². The van der Waals surface area contributed by atoms with E-state index < -0.39 is 0 Å². The predicted molar refractivity (Wildman–Crippen MR) is 125 cm³/mol. The Morgan fingerprint density at radius 3 is 2.48 bits per heavy atom. The van der Waals surface area contributed by atoms with Crippen molar-refractivity contribution in [2.24, 2.45) is 0 Å². The maximum absolute atomic E-state index is 12.7. The average Bonchev–Trinajstić information content (AvgIpc) is 3.33. The SMILES string of the molecule is COc1ccc(CC(=O)NCc2ccc(-c3nc(C(=O)N4CCCCC4)co3)c(C)c2)cc1. The molecule has 1 aromatic heterocycles. The van der Waals surface area contributed by atoms with E-state index in [0.717, 1.165) is 53.9 Å². The van der Waals surface area contributed by atoms with Gasteiger partial charge in [0.25, 0.3) is 5.91 Å². The van der Waals surface area contributed by atoms with E-state index in [1.54, 1.807) is 7.11 Å². The summed E-state index contributed by atoms with van der Waals surface area (Å²) in [6.45, 7) is 3.95. The van der Waals surface area contributed by atoms with E-state index in [2.05, 4.69) is 10.3 Å². The number of hydrogen-bond donors (Lipinski definition) is 1. The van der Waals surface area contributed by atoms with Gasteiger partial charge in [-0.15, -0.1) is 0 Å². The van der Waals surface area contributed by atoms with Gasteiger partial charge >= 0.3 is 0 Å². The summed E-state index contributed by atoms with van der Waals surface area (Å²) < 4.78 is 10.8. The molecule has 2 heterocycles. The third-order valence-electron chi connectivity index (χ3n) is 5.90. The van der Waals surface area contributed by atoms with Crippen LogP contribution in [0.5, 0.6) is 5.75 Å². The average molecular weight is 448 g/mol. The summed E-state index contributed by atoms with van der Waals surface area (Å²) in [5, 5.41) is 2.96. The summed E-state index contributed by atoms with van der Waals surface area (Å²) in [5.74, 6) is 1.08. The highest BCUT2D eigenvalue weighted by atomic mass is 16.5. The Morgan fingerprint density at radius 1 is 1.06 bits per heavy atom. The lowest BCUT2D eigenvalue weighted by atomic mass is 10.0. The second-order valence-corrected chi connectivity index (χ2v) is 8.34. The van der Waals surface area contributed by atoms with Crippen LogP contribution in [0.4, 0.5) is 0 Å². The molecule has 0 radical (unpaired) electrons. The second kappa shape index (κ2) is 10.3. The Kier molecular flexibility index (Phi) is 7.07. The highest BCUT2D eigenvalue weighted by Crippen LogP contribution is 2.25. The van der Waals surface area contributed by atoms with Crippen molar-refractivity contribution in [2.75, 3.05) is 20.2 Å². The largest absolute Gasteiger partial charge is 0.497 e. The van der Waals surface area contributed by atoms with Gasteiger partial charge in [0.05, 0.1) is 13.5 Å². The molecule has 7 heteroatoms. The molecule has 1 aliphatic heterocycles. The van der Waals surface area contributed by atoms with Crippen molar-refractivity contribution in [3.05, 3.63) is 71.1 Å². The van der Waals surface area contributed by atoms with Crippen LogP contribution in [0.15, 0.2) is 53.1 Å². The van der Waals surface area contributed by atoms with E-state index in [1.807, 2.05) is 54.3 Å². The van der Waals surface area contributed by atoms with Gasteiger partial charge in [0, 0.05) is 25.2 Å². The van der Waals surface area contributed by atoms with Crippen molar-refractivity contribution in [2.45, 2.75) is 39.2 Å². The molecule has 0 saturated carbocycles. The maximum atomic E-state index is 12.7. The van der Waals surface area contributed by atoms with Gasteiger partial charge in [-0.2, -0.15) is 0 Å². The van der Waals surface area contributed by atoms with Crippen LogP contribution in [0.25, 0.3) is 11.5 Å². The first-order valence-electron chi connectivity index (χ1n) is 11.3. The lowest BCUT2D eigenvalue weighted by molar-refractivity contribution is -0.120. The molecule has 0 unspecified atom stereocenters. The van der Waals surface area contributed by atoms with Gasteiger partial charge in [0.2, 0.25) is 11.8 Å². The number of amides is 2. The maximum Gasteiger partial charge on any atom is 0.275 e. The van der Waals surface area contributed by atoms with Gasteiger partial charge in [-0.3, -0.25) is 9.59 Å². The summed E-state index contributed by atoms with van der Waals surface area (Å²) in [5.41, 5.74) is 4.06. The van der Waals surface area contributed by atoms with Crippen LogP contribution in [0.2, 0.25) is 0 Å². The molecule has 1 saturated heterocycles. The summed E-state index contributed by atoms with van der Waals surface area (Å²) in [6, 6.07) is 13.3. The van der Waals surface area contributed by atoms with Crippen LogP contribution >= 0.6 is 0 Å². The molecule has 1 aliphatic rings. The van der Waals surface area contributed by atoms with E-state index in [0.29, 0.717) is 24.6 Å². The number of piperidine rings is 1. The fourth-order valence-corrected chi connectivity index (χ4v) is 4.02. The molecule has 1 N–H and O–H groups in total. The van der Waals surface area contributed by atoms with E-state index >= 15 is 0 Å². The van der Waals surface area contributed by atoms with Crippen LogP contribution in [0, 0.1) is 6.92 Å². The zero-order valence-electron chi connectivity index (χ0n) is 19.1. The monoisotopic (exact) mass is 447 g/mol. The fourth-order valence-electron chi connectivity index (χ4n) is 4.02. The Bertz CT molecular complexity index is 1110. The topological polar surface area (TPSA) is 84.7 Å². The lowest BCUT2D eigenvalue weighted by Gasteiger charge is -2.25. The number of nitrogens with one attached hydrogen (secondary N) is 1. The minimum Gasteiger partial charge on any atom is -0.497 e. The molecule has 7 nitrogen and oxygen atoms in total. The van der Waals surface area contributed by atoms with Gasteiger partial charge in [-0.25, -0.2) is 4.98 Å². The van der Waals surface area contributed by atoms with E-state index in [4.69, 9.17) is 9.15 Å². The number of aryl methyl sites for hydroxylation is 1. The molecule has 0 bridgehead atoms. The van der Waals surface area contributed by atoms with Gasteiger partial charge in [0.1, 0.15) is 12.0 Å². The second-order valence-electron chi connectivity index (χ2n) is 8.34. The number of likely N-dealkylation sites (tertiary alicyclic amines) is 1. The Hall–Kier alpha value is -3.61. The smallest absolute Gasteiger partial charge is 0.275 e. The summed E-state index contributed by atoms with van der Waals surface area (Å²) in [4.78, 5) is 31.2. The molecule has 0 aliphatic carbocycles. The van der Waals surface area contributed by atoms with Gasteiger partial charge in [-0.1, -0.05) is 24.3 Å². The van der Waals surface area contributed by atoms with E-state index in [-0.39, 0.29) is 11.8 Å². The summed E-state index contributed by atoms with van der Waals surface area (Å²) >= 11 is 0. The normalized spacial score (nSPS) is 13.6. The van der Waals surface area contributed by atoms with Crippen molar-refractivity contribution >= 4 is 11.8 Å². The zero-order chi connectivity index (χ0) is 23.2. The van der Waals surface area contributed by atoms with E-state index in [9.17, 15) is 9.59 Å². The number of ether oxygens (including phenoxy) is 1. The van der Waals surface area contributed by atoms with Crippen LogP contribution in [0.3, 0.4) is 0 Å². The van der Waals surface area contributed by atoms with Crippen LogP contribution in [-0.4, -0.2) is 41.9 Å². The quantitative estimate of drug-likeness (QED) is 0.588. The lowest BCUT2D eigenvalue weighted by Crippen LogP contribution is -2.35. The first-order chi connectivity index (χ1) is 16.0. The first-order valence-corrected chi connectivity index (χ1v) is 11.3. The van der Waals surface area contributed by atoms with Crippen molar-refractivity contribution in [3.63, 3.8) is 0 Å². The van der Waals surface area contributed by atoms with Gasteiger partial charge in [-0.05, 0) is 61.1 Å². The third-order valence-corrected chi connectivity index (χ3v) is 5.90. The minimum absolute atomic E-state index is 0.0459. The van der Waals surface area contributed by atoms with Crippen molar-refractivity contribution in [1.29, 1.82) is 0 Å². The number of rotatable bonds is 7.